The molecule has 0 aromatic rings. The predicted molar refractivity (Wildman–Crippen MR) is 74.6 cm³/mol. The first-order valence-corrected chi connectivity index (χ1v) is 9.41. The summed E-state index contributed by atoms with van der Waals surface area (Å²) in [7, 11) is -4.25. The number of hydrogen-bond acceptors (Lipinski definition) is 5. The van der Waals surface area contributed by atoms with Gasteiger partial charge in [0.25, 0.3) is 0 Å². The van der Waals surface area contributed by atoms with E-state index < -0.39 is 20.8 Å². The summed E-state index contributed by atoms with van der Waals surface area (Å²) in [4.78, 5) is 2.14. The maximum Gasteiger partial charge on any atom is 0.212 e. The maximum atomic E-state index is 11.7. The molecule has 1 rings (SSSR count). The smallest absolute Gasteiger partial charge is 0.212 e. The summed E-state index contributed by atoms with van der Waals surface area (Å²) in [5.41, 5.74) is 0. The van der Waals surface area contributed by atoms with E-state index in [0.717, 1.165) is 26.2 Å². The van der Waals surface area contributed by atoms with E-state index >= 15 is 0 Å². The molecule has 1 saturated heterocycles. The first-order valence-electron chi connectivity index (χ1n) is 6.13. The van der Waals surface area contributed by atoms with Crippen LogP contribution < -0.4 is 10.0 Å². The van der Waals surface area contributed by atoms with Crippen LogP contribution in [0, 0.1) is 0 Å². The van der Waals surface area contributed by atoms with E-state index in [1.807, 2.05) is 0 Å². The highest BCUT2D eigenvalue weighted by Crippen LogP contribution is 1.96. The second-order valence-corrected chi connectivity index (χ2v) is 8.30. The van der Waals surface area contributed by atoms with Gasteiger partial charge in [-0.1, -0.05) is 0 Å². The molecule has 1 aliphatic heterocycles. The minimum atomic E-state index is -3.26. The zero-order valence-corrected chi connectivity index (χ0v) is 12.6. The molecule has 1 fully saturated rings. The first kappa shape index (κ1) is 16.0. The molecule has 2 atom stereocenters. The lowest BCUT2D eigenvalue weighted by molar-refractivity contribution is 0.253. The van der Waals surface area contributed by atoms with Gasteiger partial charge in [0.05, 0.1) is 5.75 Å². The van der Waals surface area contributed by atoms with Crippen molar-refractivity contribution < 1.29 is 12.6 Å². The van der Waals surface area contributed by atoms with Gasteiger partial charge in [-0.3, -0.25) is 9.11 Å². The van der Waals surface area contributed by atoms with Gasteiger partial charge in [0.15, 0.2) is 0 Å². The summed E-state index contributed by atoms with van der Waals surface area (Å²) >= 11 is 0. The van der Waals surface area contributed by atoms with Crippen molar-refractivity contribution in [1.29, 1.82) is 0 Å². The average Bonchev–Trinajstić information content (AvgIpc) is 2.35. The molecular weight excluding hydrogens is 274 g/mol. The van der Waals surface area contributed by atoms with Crippen LogP contribution in [-0.4, -0.2) is 74.1 Å². The normalized spacial score (nSPS) is 21.7. The minimum absolute atomic E-state index is 0.107. The number of nitrogens with zero attached hydrogens (tertiary/aromatic N) is 1. The molecule has 8 heteroatoms. The van der Waals surface area contributed by atoms with Crippen LogP contribution in [0.2, 0.25) is 0 Å². The predicted octanol–water partition coefficient (Wildman–Crippen LogP) is -1.42. The van der Waals surface area contributed by atoms with Crippen molar-refractivity contribution >= 4 is 20.8 Å². The first-order chi connectivity index (χ1) is 8.41. The molecule has 0 bridgehead atoms. The third-order valence-electron chi connectivity index (χ3n) is 3.04. The van der Waals surface area contributed by atoms with Crippen LogP contribution in [0.3, 0.4) is 0 Å². The standard InChI is InChI=1S/C10H23N3O3S2/c1-10(17(2)14)9-12-18(15,16)8-7-13-5-3-11-4-6-13/h10-12H,3-9H2,1-2H3. The van der Waals surface area contributed by atoms with E-state index in [9.17, 15) is 12.6 Å². The summed E-state index contributed by atoms with van der Waals surface area (Å²) in [5.74, 6) is 0.107. The largest absolute Gasteiger partial charge is 0.314 e. The van der Waals surface area contributed by atoms with Crippen molar-refractivity contribution in [2.24, 2.45) is 0 Å². The lowest BCUT2D eigenvalue weighted by Gasteiger charge is -2.26. The molecule has 0 spiro atoms. The summed E-state index contributed by atoms with van der Waals surface area (Å²) in [6.45, 7) is 6.19. The Bertz CT molecular complexity index is 367. The summed E-state index contributed by atoms with van der Waals surface area (Å²) < 4.78 is 37.1. The second-order valence-electron chi connectivity index (χ2n) is 4.57. The summed E-state index contributed by atoms with van der Waals surface area (Å²) in [6.07, 6.45) is 1.58. The van der Waals surface area contributed by atoms with Crippen molar-refractivity contribution in [3.63, 3.8) is 0 Å². The molecule has 0 aromatic heterocycles. The molecule has 0 saturated carbocycles. The monoisotopic (exact) mass is 297 g/mol. The number of hydrogen-bond donors (Lipinski definition) is 2. The van der Waals surface area contributed by atoms with Crippen LogP contribution in [0.1, 0.15) is 6.92 Å². The second kappa shape index (κ2) is 7.54. The van der Waals surface area contributed by atoms with Crippen molar-refractivity contribution in [3.05, 3.63) is 0 Å². The highest BCUT2D eigenvalue weighted by Gasteiger charge is 2.16. The molecule has 0 aliphatic carbocycles. The van der Waals surface area contributed by atoms with Gasteiger partial charge < -0.3 is 5.32 Å². The van der Waals surface area contributed by atoms with Gasteiger partial charge in [0, 0.05) is 61.6 Å². The number of rotatable bonds is 7. The van der Waals surface area contributed by atoms with Crippen molar-refractivity contribution in [2.75, 3.05) is 51.3 Å². The molecule has 1 heterocycles. The van der Waals surface area contributed by atoms with E-state index in [1.54, 1.807) is 13.2 Å². The van der Waals surface area contributed by atoms with E-state index in [0.29, 0.717) is 6.54 Å². The van der Waals surface area contributed by atoms with Gasteiger partial charge in [-0.25, -0.2) is 13.1 Å². The molecule has 108 valence electrons. The number of sulfonamides is 1. The van der Waals surface area contributed by atoms with Gasteiger partial charge in [-0.15, -0.1) is 0 Å². The number of nitrogens with one attached hydrogen (secondary N) is 2. The molecule has 2 N–H and O–H groups in total. The molecule has 0 amide bonds. The fourth-order valence-corrected chi connectivity index (χ4v) is 3.19. The van der Waals surface area contributed by atoms with E-state index in [-0.39, 0.29) is 17.5 Å². The molecule has 18 heavy (non-hydrogen) atoms. The van der Waals surface area contributed by atoms with Crippen molar-refractivity contribution in [1.82, 2.24) is 14.9 Å². The topological polar surface area (TPSA) is 78.5 Å². The Kier molecular flexibility index (Phi) is 6.72. The van der Waals surface area contributed by atoms with Crippen LogP contribution in [0.4, 0.5) is 0 Å². The summed E-state index contributed by atoms with van der Waals surface area (Å²) in [5, 5.41) is 3.07. The Hall–Kier alpha value is -0.0200. The lowest BCUT2D eigenvalue weighted by Crippen LogP contribution is -2.46. The van der Waals surface area contributed by atoms with Gasteiger partial charge in [0.1, 0.15) is 0 Å². The van der Waals surface area contributed by atoms with E-state index in [2.05, 4.69) is 14.9 Å². The zero-order valence-electron chi connectivity index (χ0n) is 11.0. The Morgan fingerprint density at radius 3 is 2.56 bits per heavy atom. The molecule has 1 aliphatic rings. The van der Waals surface area contributed by atoms with Crippen LogP contribution >= 0.6 is 0 Å². The Morgan fingerprint density at radius 1 is 1.39 bits per heavy atom. The third-order valence-corrected chi connectivity index (χ3v) is 5.67. The Labute approximate surface area is 112 Å². The molecule has 6 nitrogen and oxygen atoms in total. The van der Waals surface area contributed by atoms with Gasteiger partial charge in [-0.2, -0.15) is 0 Å². The Morgan fingerprint density at radius 2 is 2.00 bits per heavy atom. The quantitative estimate of drug-likeness (QED) is 0.603. The lowest BCUT2D eigenvalue weighted by atomic mass is 10.4. The summed E-state index contributed by atoms with van der Waals surface area (Å²) in [6, 6.07) is 0. The fraction of sp³-hybridized carbons (Fsp3) is 1.00. The van der Waals surface area contributed by atoms with E-state index in [4.69, 9.17) is 0 Å². The third kappa shape index (κ3) is 6.24. The van der Waals surface area contributed by atoms with E-state index in [1.165, 1.54) is 0 Å². The average molecular weight is 297 g/mol. The van der Waals surface area contributed by atoms with Gasteiger partial charge in [0.2, 0.25) is 10.0 Å². The van der Waals surface area contributed by atoms with Crippen LogP contribution in [-0.2, 0) is 20.8 Å². The van der Waals surface area contributed by atoms with Crippen molar-refractivity contribution in [3.8, 4) is 0 Å². The highest BCUT2D eigenvalue weighted by atomic mass is 32.2. The molecule has 0 radical (unpaired) electrons. The van der Waals surface area contributed by atoms with Crippen molar-refractivity contribution in [2.45, 2.75) is 12.2 Å². The minimum Gasteiger partial charge on any atom is -0.314 e. The SMILES string of the molecule is CC(CNS(=O)(=O)CCN1CCNCC1)S(C)=O. The van der Waals surface area contributed by atoms with Crippen LogP contribution in [0.25, 0.3) is 0 Å². The van der Waals surface area contributed by atoms with Crippen LogP contribution in [0.5, 0.6) is 0 Å². The highest BCUT2D eigenvalue weighted by molar-refractivity contribution is 7.89. The molecule has 0 aromatic carbocycles. The maximum absolute atomic E-state index is 11.7. The Balaban J connectivity index is 2.28. The number of piperazine rings is 1. The van der Waals surface area contributed by atoms with Gasteiger partial charge >= 0.3 is 0 Å². The molecular formula is C10H23N3O3S2. The zero-order chi connectivity index (χ0) is 13.6. The fourth-order valence-electron chi connectivity index (χ4n) is 1.62. The molecule has 2 unspecified atom stereocenters. The van der Waals surface area contributed by atoms with Crippen LogP contribution in [0.15, 0.2) is 0 Å². The van der Waals surface area contributed by atoms with Gasteiger partial charge in [-0.05, 0) is 6.92 Å².